The van der Waals surface area contributed by atoms with Gasteiger partial charge in [-0.15, -0.1) is 12.4 Å². The number of halogens is 1. The Balaban J connectivity index is 0.00000324. The van der Waals surface area contributed by atoms with Crippen molar-refractivity contribution in [3.8, 4) is 0 Å². The second-order valence-electron chi connectivity index (χ2n) is 4.22. The molecule has 1 aromatic carbocycles. The fourth-order valence-corrected chi connectivity index (χ4v) is 1.35. The van der Waals surface area contributed by atoms with Gasteiger partial charge < -0.3 is 16.4 Å². The summed E-state index contributed by atoms with van der Waals surface area (Å²) in [5.41, 5.74) is 6.42. The third-order valence-corrected chi connectivity index (χ3v) is 2.48. The van der Waals surface area contributed by atoms with Crippen molar-refractivity contribution in [3.05, 3.63) is 35.9 Å². The highest BCUT2D eigenvalue weighted by Gasteiger charge is 2.16. The third kappa shape index (κ3) is 6.22. The molecule has 0 saturated carbocycles. The summed E-state index contributed by atoms with van der Waals surface area (Å²) in [7, 11) is 0. The molecule has 19 heavy (non-hydrogen) atoms. The number of nitrogens with one attached hydrogen (secondary N) is 2. The van der Waals surface area contributed by atoms with Crippen molar-refractivity contribution in [1.82, 2.24) is 10.6 Å². The van der Waals surface area contributed by atoms with Crippen LogP contribution in [0, 0.1) is 0 Å². The fourth-order valence-electron chi connectivity index (χ4n) is 1.35. The van der Waals surface area contributed by atoms with Crippen molar-refractivity contribution in [3.63, 3.8) is 0 Å². The maximum atomic E-state index is 11.7. The highest BCUT2D eigenvalue weighted by atomic mass is 35.5. The number of rotatable bonds is 5. The summed E-state index contributed by atoms with van der Waals surface area (Å²) >= 11 is 0. The van der Waals surface area contributed by atoms with Crippen LogP contribution in [0.4, 0.5) is 0 Å². The number of nitrogens with two attached hydrogens (primary N) is 1. The van der Waals surface area contributed by atoms with E-state index >= 15 is 0 Å². The van der Waals surface area contributed by atoms with Gasteiger partial charge in [-0.05, 0) is 19.4 Å². The second-order valence-corrected chi connectivity index (χ2v) is 4.22. The SMILES string of the molecule is CC(NC(=O)[C@@H](C)N)C(=O)NCc1ccccc1.Cl. The molecule has 0 aliphatic carbocycles. The highest BCUT2D eigenvalue weighted by Crippen LogP contribution is 1.97. The van der Waals surface area contributed by atoms with Crippen molar-refractivity contribution in [2.45, 2.75) is 32.5 Å². The van der Waals surface area contributed by atoms with Gasteiger partial charge in [-0.1, -0.05) is 30.3 Å². The summed E-state index contributed by atoms with van der Waals surface area (Å²) in [5, 5.41) is 5.29. The lowest BCUT2D eigenvalue weighted by atomic mass is 10.2. The van der Waals surface area contributed by atoms with Gasteiger partial charge in [-0.2, -0.15) is 0 Å². The Labute approximate surface area is 119 Å². The van der Waals surface area contributed by atoms with Gasteiger partial charge >= 0.3 is 0 Å². The lowest BCUT2D eigenvalue weighted by Gasteiger charge is -2.15. The van der Waals surface area contributed by atoms with E-state index in [1.54, 1.807) is 13.8 Å². The summed E-state index contributed by atoms with van der Waals surface area (Å²) in [6.07, 6.45) is 0. The van der Waals surface area contributed by atoms with Gasteiger partial charge in [-0.3, -0.25) is 9.59 Å². The average Bonchev–Trinajstić information content (AvgIpc) is 2.36. The Morgan fingerprint density at radius 3 is 2.26 bits per heavy atom. The molecule has 0 heterocycles. The molecular formula is C13H20ClN3O2. The molecule has 6 heteroatoms. The zero-order valence-electron chi connectivity index (χ0n) is 11.1. The molecule has 2 atom stereocenters. The third-order valence-electron chi connectivity index (χ3n) is 2.48. The molecule has 4 N–H and O–H groups in total. The van der Waals surface area contributed by atoms with Crippen molar-refractivity contribution >= 4 is 24.2 Å². The smallest absolute Gasteiger partial charge is 0.242 e. The molecule has 106 valence electrons. The van der Waals surface area contributed by atoms with Crippen LogP contribution in [-0.2, 0) is 16.1 Å². The minimum atomic E-state index is -0.616. The lowest BCUT2D eigenvalue weighted by molar-refractivity contribution is -0.129. The van der Waals surface area contributed by atoms with Crippen LogP contribution in [0.1, 0.15) is 19.4 Å². The van der Waals surface area contributed by atoms with Gasteiger partial charge in [0.15, 0.2) is 0 Å². The Morgan fingerprint density at radius 1 is 1.16 bits per heavy atom. The summed E-state index contributed by atoms with van der Waals surface area (Å²) < 4.78 is 0. The molecule has 0 bridgehead atoms. The van der Waals surface area contributed by atoms with Crippen LogP contribution in [0.15, 0.2) is 30.3 Å². The van der Waals surface area contributed by atoms with Crippen LogP contribution < -0.4 is 16.4 Å². The van der Waals surface area contributed by atoms with E-state index < -0.39 is 12.1 Å². The molecule has 1 rings (SSSR count). The molecule has 5 nitrogen and oxygen atoms in total. The van der Waals surface area contributed by atoms with E-state index in [-0.39, 0.29) is 24.2 Å². The van der Waals surface area contributed by atoms with E-state index in [1.807, 2.05) is 30.3 Å². The molecule has 0 fully saturated rings. The first-order chi connectivity index (χ1) is 8.50. The Bertz CT molecular complexity index is 410. The molecule has 2 amide bonds. The minimum Gasteiger partial charge on any atom is -0.350 e. The standard InChI is InChI=1S/C13H19N3O2.ClH/c1-9(14)12(17)16-10(2)13(18)15-8-11-6-4-3-5-7-11;/h3-7,9-10H,8,14H2,1-2H3,(H,15,18)(H,16,17);1H/t9-,10?;/m1./s1. The highest BCUT2D eigenvalue weighted by molar-refractivity contribution is 5.89. The quantitative estimate of drug-likeness (QED) is 0.740. The zero-order chi connectivity index (χ0) is 13.5. The number of hydrogen-bond acceptors (Lipinski definition) is 3. The van der Waals surface area contributed by atoms with Crippen molar-refractivity contribution in [2.75, 3.05) is 0 Å². The molecular weight excluding hydrogens is 266 g/mol. The first-order valence-electron chi connectivity index (χ1n) is 5.88. The van der Waals surface area contributed by atoms with Gasteiger partial charge in [0.1, 0.15) is 6.04 Å². The van der Waals surface area contributed by atoms with E-state index in [9.17, 15) is 9.59 Å². The summed E-state index contributed by atoms with van der Waals surface area (Å²) in [4.78, 5) is 23.0. The van der Waals surface area contributed by atoms with Crippen molar-refractivity contribution in [2.24, 2.45) is 5.73 Å². The minimum absolute atomic E-state index is 0. The topological polar surface area (TPSA) is 84.2 Å². The van der Waals surface area contributed by atoms with Crippen LogP contribution >= 0.6 is 12.4 Å². The van der Waals surface area contributed by atoms with E-state index in [1.165, 1.54) is 0 Å². The molecule has 0 aromatic heterocycles. The Morgan fingerprint density at radius 2 is 1.74 bits per heavy atom. The molecule has 0 spiro atoms. The molecule has 1 aromatic rings. The molecule has 0 aliphatic rings. The van der Waals surface area contributed by atoms with E-state index in [2.05, 4.69) is 10.6 Å². The van der Waals surface area contributed by atoms with Gasteiger partial charge in [-0.25, -0.2) is 0 Å². The Hall–Kier alpha value is -1.59. The first kappa shape index (κ1) is 17.4. The van der Waals surface area contributed by atoms with E-state index in [4.69, 9.17) is 5.73 Å². The van der Waals surface area contributed by atoms with Crippen LogP contribution in [-0.4, -0.2) is 23.9 Å². The monoisotopic (exact) mass is 285 g/mol. The molecule has 0 radical (unpaired) electrons. The van der Waals surface area contributed by atoms with Gasteiger partial charge in [0.2, 0.25) is 11.8 Å². The number of amides is 2. The van der Waals surface area contributed by atoms with Crippen LogP contribution in [0.3, 0.4) is 0 Å². The van der Waals surface area contributed by atoms with Gasteiger partial charge in [0, 0.05) is 6.54 Å². The van der Waals surface area contributed by atoms with E-state index in [0.717, 1.165) is 5.56 Å². The summed E-state index contributed by atoms with van der Waals surface area (Å²) in [6.45, 7) is 3.64. The van der Waals surface area contributed by atoms with Gasteiger partial charge in [0.05, 0.1) is 6.04 Å². The maximum Gasteiger partial charge on any atom is 0.242 e. The normalized spacial score (nSPS) is 12.8. The lowest BCUT2D eigenvalue weighted by Crippen LogP contribution is -2.49. The number of carbonyl (C=O) groups excluding carboxylic acids is 2. The largest absolute Gasteiger partial charge is 0.350 e. The van der Waals surface area contributed by atoms with Crippen molar-refractivity contribution in [1.29, 1.82) is 0 Å². The molecule has 0 saturated heterocycles. The fraction of sp³-hybridized carbons (Fsp3) is 0.385. The predicted molar refractivity (Wildman–Crippen MR) is 76.8 cm³/mol. The van der Waals surface area contributed by atoms with Crippen LogP contribution in [0.25, 0.3) is 0 Å². The van der Waals surface area contributed by atoms with Crippen molar-refractivity contribution < 1.29 is 9.59 Å². The number of benzene rings is 1. The Kier molecular flexibility index (Phi) is 7.79. The summed E-state index contributed by atoms with van der Waals surface area (Å²) in [6, 6.07) is 8.36. The molecule has 0 aliphatic heterocycles. The zero-order valence-corrected chi connectivity index (χ0v) is 11.9. The number of carbonyl (C=O) groups is 2. The van der Waals surface area contributed by atoms with Crippen LogP contribution in [0.5, 0.6) is 0 Å². The molecule has 1 unspecified atom stereocenters. The van der Waals surface area contributed by atoms with Gasteiger partial charge in [0.25, 0.3) is 0 Å². The summed E-state index contributed by atoms with van der Waals surface area (Å²) in [5.74, 6) is -0.565. The predicted octanol–water partition coefficient (Wildman–Crippen LogP) is 0.577. The first-order valence-corrected chi connectivity index (χ1v) is 5.88. The van der Waals surface area contributed by atoms with Crippen LogP contribution in [0.2, 0.25) is 0 Å². The van der Waals surface area contributed by atoms with E-state index in [0.29, 0.717) is 6.54 Å². The maximum absolute atomic E-state index is 11.7. The average molecular weight is 286 g/mol. The second kappa shape index (κ2) is 8.50. The number of hydrogen-bond donors (Lipinski definition) is 3.